The molecule has 0 aliphatic carbocycles. The Morgan fingerprint density at radius 1 is 0.568 bits per heavy atom. The zero-order chi connectivity index (χ0) is 27.4. The average Bonchev–Trinajstić information content (AvgIpc) is 2.85. The number of hydrogen-bond donors (Lipinski definition) is 2. The predicted molar refractivity (Wildman–Crippen MR) is 161 cm³/mol. The molecular formula is C28H50N3O4Si2+. The number of rotatable bonds is 18. The molecule has 0 saturated carbocycles. The molecule has 2 rings (SSSR count). The number of benzene rings is 2. The molecule has 208 valence electrons. The van der Waals surface area contributed by atoms with E-state index in [4.69, 9.17) is 29.2 Å². The van der Waals surface area contributed by atoms with Crippen LogP contribution in [0.15, 0.2) is 48.5 Å². The summed E-state index contributed by atoms with van der Waals surface area (Å²) in [6.45, 7) is 17.1. The van der Waals surface area contributed by atoms with E-state index in [0.29, 0.717) is 30.9 Å². The average molecular weight is 549 g/mol. The fourth-order valence-electron chi connectivity index (χ4n) is 5.23. The summed E-state index contributed by atoms with van der Waals surface area (Å²) in [6.07, 6.45) is 1.95. The number of nitrogens with zero attached hydrogens (tertiary/aromatic N) is 1. The Morgan fingerprint density at radius 3 is 1.14 bits per heavy atom. The molecule has 0 spiro atoms. The van der Waals surface area contributed by atoms with Crippen molar-refractivity contribution in [1.82, 2.24) is 4.48 Å². The highest BCUT2D eigenvalue weighted by atomic mass is 28.4. The molecule has 4 N–H and O–H groups in total. The smallest absolute Gasteiger partial charge is 0.335 e. The van der Waals surface area contributed by atoms with Crippen LogP contribution >= 0.6 is 0 Å². The van der Waals surface area contributed by atoms with E-state index in [1.807, 2.05) is 52.0 Å². The van der Waals surface area contributed by atoms with Crippen LogP contribution in [0.2, 0.25) is 25.2 Å². The minimum atomic E-state index is -2.23. The van der Waals surface area contributed by atoms with Crippen molar-refractivity contribution in [2.45, 2.75) is 65.7 Å². The van der Waals surface area contributed by atoms with Gasteiger partial charge in [-0.1, -0.05) is 0 Å². The Bertz CT molecular complexity index is 825. The maximum atomic E-state index is 6.16. The Hall–Kier alpha value is -1.73. The molecule has 0 aliphatic rings. The maximum absolute atomic E-state index is 6.16. The van der Waals surface area contributed by atoms with E-state index in [1.54, 1.807) is 0 Å². The van der Waals surface area contributed by atoms with Crippen LogP contribution in [0.1, 0.15) is 40.5 Å². The van der Waals surface area contributed by atoms with Crippen LogP contribution in [0.25, 0.3) is 0 Å². The minimum absolute atomic E-state index is 0.677. The van der Waals surface area contributed by atoms with Crippen molar-refractivity contribution in [1.29, 1.82) is 0 Å². The summed E-state index contributed by atoms with van der Waals surface area (Å²) in [4.78, 5) is 0. The van der Waals surface area contributed by atoms with E-state index < -0.39 is 17.1 Å². The van der Waals surface area contributed by atoms with Crippen LogP contribution in [0, 0.1) is 0 Å². The number of anilines is 2. The van der Waals surface area contributed by atoms with Gasteiger partial charge in [0.25, 0.3) is 0 Å². The van der Waals surface area contributed by atoms with Gasteiger partial charge in [0.2, 0.25) is 0 Å². The van der Waals surface area contributed by atoms with Gasteiger partial charge in [0.1, 0.15) is 11.4 Å². The molecule has 2 aromatic rings. The molecule has 0 fully saturated rings. The molecule has 0 unspecified atom stereocenters. The molecule has 0 heterocycles. The molecule has 0 aromatic heterocycles. The van der Waals surface area contributed by atoms with Gasteiger partial charge < -0.3 is 29.2 Å². The summed E-state index contributed by atoms with van der Waals surface area (Å²) >= 11 is 0. The van der Waals surface area contributed by atoms with Crippen LogP contribution in [0.3, 0.4) is 0 Å². The quantitative estimate of drug-likeness (QED) is 0.125. The van der Waals surface area contributed by atoms with Crippen molar-refractivity contribution in [2.24, 2.45) is 0 Å². The topological polar surface area (TPSA) is 89.0 Å². The number of quaternary nitrogens is 1. The number of nitrogen functional groups attached to an aromatic ring is 2. The van der Waals surface area contributed by atoms with E-state index in [2.05, 4.69) is 37.4 Å². The van der Waals surface area contributed by atoms with Crippen molar-refractivity contribution in [2.75, 3.05) is 51.0 Å². The lowest BCUT2D eigenvalue weighted by atomic mass is 10.1. The molecule has 2 aromatic carbocycles. The highest BCUT2D eigenvalue weighted by molar-refractivity contribution is 6.66. The molecular weight excluding hydrogens is 498 g/mol. The van der Waals surface area contributed by atoms with Crippen molar-refractivity contribution >= 4 is 39.9 Å². The Labute approximate surface area is 227 Å². The van der Waals surface area contributed by atoms with Gasteiger partial charge in [0.15, 0.2) is 0 Å². The first-order valence-electron chi connectivity index (χ1n) is 13.8. The minimum Gasteiger partial charge on any atom is -0.399 e. The van der Waals surface area contributed by atoms with Gasteiger partial charge in [0.05, 0.1) is 13.1 Å². The van der Waals surface area contributed by atoms with E-state index in [0.717, 1.165) is 49.4 Å². The molecule has 0 saturated heterocycles. The van der Waals surface area contributed by atoms with Crippen LogP contribution in [-0.4, -0.2) is 56.6 Å². The van der Waals surface area contributed by atoms with Gasteiger partial charge in [-0.2, -0.15) is 0 Å². The third kappa shape index (κ3) is 9.21. The van der Waals surface area contributed by atoms with Crippen LogP contribution in [0.4, 0.5) is 22.7 Å². The lowest BCUT2D eigenvalue weighted by molar-refractivity contribution is 0.186. The molecule has 37 heavy (non-hydrogen) atoms. The highest BCUT2D eigenvalue weighted by Crippen LogP contribution is 2.38. The number of nitrogens with two attached hydrogens (primary N) is 2. The second-order valence-electron chi connectivity index (χ2n) is 9.80. The SMILES string of the molecule is CCO[Si](C)(CCC[N+](CCC[Si](C)(OCC)OCC)(c1ccc(N)cc1)c1ccc(N)cc1)OCC. The van der Waals surface area contributed by atoms with Crippen LogP contribution < -0.4 is 16.0 Å². The first-order chi connectivity index (χ1) is 17.7. The molecule has 7 nitrogen and oxygen atoms in total. The van der Waals surface area contributed by atoms with E-state index >= 15 is 0 Å². The van der Waals surface area contributed by atoms with E-state index in [9.17, 15) is 0 Å². The van der Waals surface area contributed by atoms with Crippen LogP contribution in [0.5, 0.6) is 0 Å². The summed E-state index contributed by atoms with van der Waals surface area (Å²) in [6, 6.07) is 18.5. The summed E-state index contributed by atoms with van der Waals surface area (Å²) < 4.78 is 25.3. The van der Waals surface area contributed by atoms with Crippen molar-refractivity contribution in [3.63, 3.8) is 0 Å². The lowest BCUT2D eigenvalue weighted by Gasteiger charge is -2.39. The number of hydrogen-bond acceptors (Lipinski definition) is 6. The summed E-state index contributed by atoms with van der Waals surface area (Å²) in [5.41, 5.74) is 16.2. The summed E-state index contributed by atoms with van der Waals surface area (Å²) in [5.74, 6) is 0. The van der Waals surface area contributed by atoms with Crippen LogP contribution in [-0.2, 0) is 17.7 Å². The van der Waals surface area contributed by atoms with E-state index in [1.165, 1.54) is 11.4 Å². The van der Waals surface area contributed by atoms with Gasteiger partial charge in [-0.05, 0) is 90.0 Å². The Morgan fingerprint density at radius 2 is 0.865 bits per heavy atom. The third-order valence-electron chi connectivity index (χ3n) is 6.91. The molecule has 9 heteroatoms. The third-order valence-corrected chi connectivity index (χ3v) is 13.0. The van der Waals surface area contributed by atoms with Gasteiger partial charge in [-0.25, -0.2) is 0 Å². The fraction of sp³-hybridized carbons (Fsp3) is 0.571. The molecule has 0 aliphatic heterocycles. The standard InChI is InChI=1S/C28H50N3O4Si2/c1-7-32-36(5,33-8-2)23-11-21-31(27-17-13-25(29)14-18-27,28-19-15-26(30)16-20-28)22-12-24-37(6,34-9-3)35-10-4/h13-20H,7-12,21-24,29-30H2,1-6H3/q+1. The molecule has 0 atom stereocenters. The second-order valence-corrected chi connectivity index (χ2v) is 16.5. The summed E-state index contributed by atoms with van der Waals surface area (Å²) in [7, 11) is -4.47. The normalized spacial score (nSPS) is 12.7. The zero-order valence-electron chi connectivity index (χ0n) is 23.9. The van der Waals surface area contributed by atoms with Crippen molar-refractivity contribution < 1.29 is 17.7 Å². The zero-order valence-corrected chi connectivity index (χ0v) is 25.9. The Balaban J connectivity index is 2.44. The van der Waals surface area contributed by atoms with Gasteiger partial charge in [-0.15, -0.1) is 0 Å². The highest BCUT2D eigenvalue weighted by Gasteiger charge is 2.38. The van der Waals surface area contributed by atoms with Gasteiger partial charge in [-0.3, -0.25) is 4.48 Å². The predicted octanol–water partition coefficient (Wildman–Crippen LogP) is 6.56. The first kappa shape index (κ1) is 31.5. The van der Waals surface area contributed by atoms with E-state index in [-0.39, 0.29) is 0 Å². The maximum Gasteiger partial charge on any atom is 0.335 e. The fourth-order valence-corrected chi connectivity index (χ4v) is 10.0. The van der Waals surface area contributed by atoms with Crippen molar-refractivity contribution in [3.05, 3.63) is 48.5 Å². The van der Waals surface area contributed by atoms with Gasteiger partial charge in [0, 0.05) is 62.1 Å². The molecule has 0 amide bonds. The monoisotopic (exact) mass is 548 g/mol. The lowest BCUT2D eigenvalue weighted by Crippen LogP contribution is -2.48. The van der Waals surface area contributed by atoms with Crippen molar-refractivity contribution in [3.8, 4) is 0 Å². The molecule has 0 bridgehead atoms. The second kappa shape index (κ2) is 15.0. The van der Waals surface area contributed by atoms with Gasteiger partial charge >= 0.3 is 17.1 Å². The molecule has 0 radical (unpaired) electrons. The first-order valence-corrected chi connectivity index (χ1v) is 18.9. The Kier molecular flexibility index (Phi) is 12.8. The summed E-state index contributed by atoms with van der Waals surface area (Å²) in [5, 5.41) is 0. The largest absolute Gasteiger partial charge is 0.399 e.